The van der Waals surface area contributed by atoms with Crippen LogP contribution in [0.4, 0.5) is 26.3 Å². The zero-order valence-corrected chi connectivity index (χ0v) is 18.5. The number of carbonyl (C=O) groups is 1. The summed E-state index contributed by atoms with van der Waals surface area (Å²) in [4.78, 5) is 18.2. The van der Waals surface area contributed by atoms with Crippen molar-refractivity contribution in [2.24, 2.45) is 4.99 Å². The van der Waals surface area contributed by atoms with Gasteiger partial charge in [0.1, 0.15) is 0 Å². The fourth-order valence-electron chi connectivity index (χ4n) is 3.38. The first-order chi connectivity index (χ1) is 15.8. The number of carbonyl (C=O) groups excluding carboxylic acids is 1. The van der Waals surface area contributed by atoms with E-state index < -0.39 is 23.5 Å². The summed E-state index contributed by atoms with van der Waals surface area (Å²) in [6.45, 7) is -0.370. The quantitative estimate of drug-likeness (QED) is 0.346. The Hall–Kier alpha value is -3.28. The number of amidine groups is 1. The molecule has 178 valence electrons. The van der Waals surface area contributed by atoms with Crippen molar-refractivity contribution in [3.05, 3.63) is 69.8 Å². The van der Waals surface area contributed by atoms with E-state index in [4.69, 9.17) is 0 Å². The van der Waals surface area contributed by atoms with Gasteiger partial charge in [0.2, 0.25) is 0 Å². The Morgan fingerprint density at radius 1 is 1.03 bits per heavy atom. The maximum absolute atomic E-state index is 13.5. The van der Waals surface area contributed by atoms with E-state index in [1.807, 2.05) is 0 Å². The van der Waals surface area contributed by atoms with Crippen LogP contribution in [0.25, 0.3) is 17.0 Å². The van der Waals surface area contributed by atoms with E-state index in [1.165, 1.54) is 22.6 Å². The molecule has 2 heterocycles. The van der Waals surface area contributed by atoms with Gasteiger partial charge in [-0.05, 0) is 53.2 Å². The van der Waals surface area contributed by atoms with Gasteiger partial charge in [0.05, 0.1) is 34.3 Å². The highest BCUT2D eigenvalue weighted by Gasteiger charge is 2.38. The van der Waals surface area contributed by atoms with Crippen molar-refractivity contribution >= 4 is 39.8 Å². The van der Waals surface area contributed by atoms with Gasteiger partial charge in [-0.3, -0.25) is 9.48 Å². The summed E-state index contributed by atoms with van der Waals surface area (Å²) in [6, 6.07) is 6.58. The van der Waals surface area contributed by atoms with Crippen LogP contribution in [0.15, 0.2) is 52.5 Å². The monoisotopic (exact) mass is 498 g/mol. The van der Waals surface area contributed by atoms with Crippen LogP contribution in [0.5, 0.6) is 0 Å². The lowest BCUT2D eigenvalue weighted by molar-refractivity contribution is -0.143. The topological polar surface area (TPSA) is 50.5 Å². The van der Waals surface area contributed by atoms with Gasteiger partial charge in [0.15, 0.2) is 5.17 Å². The number of nitrogens with zero attached hydrogens (tertiary/aromatic N) is 4. The fraction of sp³-hybridized carbons (Fsp3) is 0.227. The molecule has 1 aromatic heterocycles. The standard InChI is InChI=1S/C22H16F6N4OS/c1-31(2)20-30-19(33)18(34-20)8-12-3-6-17-14(7-12)10-29-32(17)11-13-4-5-15(21(23,24)25)9-16(13)22(26,27)28/h3-10H,11H2,1-2H3. The minimum Gasteiger partial charge on any atom is -0.357 e. The zero-order valence-electron chi connectivity index (χ0n) is 17.7. The Labute approximate surface area is 193 Å². The first-order valence-electron chi connectivity index (χ1n) is 9.76. The van der Waals surface area contributed by atoms with E-state index in [-0.39, 0.29) is 24.1 Å². The Morgan fingerprint density at radius 3 is 2.38 bits per heavy atom. The number of aliphatic imine (C=N–C) groups is 1. The molecule has 0 unspecified atom stereocenters. The summed E-state index contributed by atoms with van der Waals surface area (Å²) in [5, 5.41) is 5.27. The largest absolute Gasteiger partial charge is 0.416 e. The van der Waals surface area contributed by atoms with E-state index in [2.05, 4.69) is 10.1 Å². The average molecular weight is 498 g/mol. The Kier molecular flexibility index (Phi) is 5.96. The molecular formula is C22H16F6N4OS. The molecule has 0 saturated carbocycles. The average Bonchev–Trinajstić information content (AvgIpc) is 3.30. The minimum atomic E-state index is -4.96. The van der Waals surface area contributed by atoms with Crippen molar-refractivity contribution in [3.63, 3.8) is 0 Å². The number of rotatable bonds is 3. The first kappa shape index (κ1) is 23.9. The van der Waals surface area contributed by atoms with E-state index in [0.29, 0.717) is 32.6 Å². The van der Waals surface area contributed by atoms with Crippen LogP contribution in [-0.4, -0.2) is 39.9 Å². The SMILES string of the molecule is CN(C)C1=NC(=O)C(=Cc2ccc3c(cnn3Cc3ccc(C(F)(F)F)cc3C(F)(F)F)c2)S1. The van der Waals surface area contributed by atoms with Gasteiger partial charge in [-0.25, -0.2) is 0 Å². The molecule has 0 bridgehead atoms. The molecule has 0 N–H and O–H groups in total. The number of amides is 1. The van der Waals surface area contributed by atoms with Crippen molar-refractivity contribution in [1.82, 2.24) is 14.7 Å². The summed E-state index contributed by atoms with van der Waals surface area (Å²) in [5.41, 5.74) is -1.90. The molecular weight excluding hydrogens is 482 g/mol. The summed E-state index contributed by atoms with van der Waals surface area (Å²) in [7, 11) is 3.53. The number of benzene rings is 2. The van der Waals surface area contributed by atoms with Gasteiger partial charge in [-0.1, -0.05) is 12.1 Å². The van der Waals surface area contributed by atoms with E-state index in [1.54, 1.807) is 43.3 Å². The van der Waals surface area contributed by atoms with Gasteiger partial charge in [0.25, 0.3) is 5.91 Å². The molecule has 2 aromatic carbocycles. The summed E-state index contributed by atoms with van der Waals surface area (Å²) in [5.74, 6) is -0.369. The molecule has 0 fully saturated rings. The Morgan fingerprint density at radius 2 is 1.76 bits per heavy atom. The van der Waals surface area contributed by atoms with Gasteiger partial charge in [-0.2, -0.15) is 36.4 Å². The second-order valence-corrected chi connectivity index (χ2v) is 8.70. The molecule has 0 spiro atoms. The molecule has 34 heavy (non-hydrogen) atoms. The predicted octanol–water partition coefficient (Wildman–Crippen LogP) is 5.65. The third kappa shape index (κ3) is 4.81. The van der Waals surface area contributed by atoms with Gasteiger partial charge < -0.3 is 4.90 Å². The van der Waals surface area contributed by atoms with Crippen molar-refractivity contribution in [2.45, 2.75) is 18.9 Å². The van der Waals surface area contributed by atoms with Crippen LogP contribution in [0.2, 0.25) is 0 Å². The molecule has 4 rings (SSSR count). The molecule has 1 aliphatic heterocycles. The molecule has 1 aliphatic rings. The Balaban J connectivity index is 1.64. The fourth-order valence-corrected chi connectivity index (χ4v) is 4.21. The number of aromatic nitrogens is 2. The van der Waals surface area contributed by atoms with Crippen LogP contribution >= 0.6 is 11.8 Å². The highest BCUT2D eigenvalue weighted by Crippen LogP contribution is 2.38. The van der Waals surface area contributed by atoms with Gasteiger partial charge >= 0.3 is 12.4 Å². The zero-order chi connectivity index (χ0) is 24.8. The van der Waals surface area contributed by atoms with Crippen molar-refractivity contribution in [1.29, 1.82) is 0 Å². The third-order valence-electron chi connectivity index (χ3n) is 5.02. The van der Waals surface area contributed by atoms with Gasteiger partial charge in [-0.15, -0.1) is 0 Å². The third-order valence-corrected chi connectivity index (χ3v) is 6.17. The van der Waals surface area contributed by atoms with Crippen molar-refractivity contribution in [2.75, 3.05) is 14.1 Å². The number of halogens is 6. The number of fused-ring (bicyclic) bond motifs is 1. The molecule has 0 radical (unpaired) electrons. The normalized spacial score (nSPS) is 15.9. The number of thioether (sulfide) groups is 1. The second-order valence-electron chi connectivity index (χ2n) is 7.69. The van der Waals surface area contributed by atoms with Crippen molar-refractivity contribution in [3.8, 4) is 0 Å². The molecule has 0 aliphatic carbocycles. The minimum absolute atomic E-state index is 0.117. The van der Waals surface area contributed by atoms with E-state index in [0.717, 1.165) is 6.07 Å². The smallest absolute Gasteiger partial charge is 0.357 e. The predicted molar refractivity (Wildman–Crippen MR) is 117 cm³/mol. The van der Waals surface area contributed by atoms with Gasteiger partial charge in [0, 0.05) is 19.5 Å². The Bertz CT molecular complexity index is 1340. The van der Waals surface area contributed by atoms with Crippen LogP contribution in [0, 0.1) is 0 Å². The summed E-state index contributed by atoms with van der Waals surface area (Å²) >= 11 is 1.22. The van der Waals surface area contributed by atoms with Crippen molar-refractivity contribution < 1.29 is 31.1 Å². The molecule has 1 amide bonds. The van der Waals surface area contributed by atoms with Crippen LogP contribution in [0.1, 0.15) is 22.3 Å². The lowest BCUT2D eigenvalue weighted by Crippen LogP contribution is -2.16. The number of alkyl halides is 6. The second kappa shape index (κ2) is 8.49. The van der Waals surface area contributed by atoms with E-state index in [9.17, 15) is 31.1 Å². The highest BCUT2D eigenvalue weighted by atomic mass is 32.2. The summed E-state index contributed by atoms with van der Waals surface area (Å²) < 4.78 is 80.5. The first-order valence-corrected chi connectivity index (χ1v) is 10.6. The molecule has 5 nitrogen and oxygen atoms in total. The summed E-state index contributed by atoms with van der Waals surface area (Å²) in [6.07, 6.45) is -6.75. The molecule has 0 atom stereocenters. The molecule has 3 aromatic rings. The van der Waals surface area contributed by atoms with Crippen LogP contribution in [-0.2, 0) is 23.7 Å². The van der Waals surface area contributed by atoms with Crippen LogP contribution in [0.3, 0.4) is 0 Å². The van der Waals surface area contributed by atoms with Crippen LogP contribution < -0.4 is 0 Å². The maximum Gasteiger partial charge on any atom is 0.416 e. The lowest BCUT2D eigenvalue weighted by Gasteiger charge is -2.16. The maximum atomic E-state index is 13.5. The number of hydrogen-bond acceptors (Lipinski definition) is 4. The highest BCUT2D eigenvalue weighted by molar-refractivity contribution is 8.18. The number of hydrogen-bond donors (Lipinski definition) is 0. The lowest BCUT2D eigenvalue weighted by atomic mass is 10.0. The molecule has 0 saturated heterocycles. The van der Waals surface area contributed by atoms with E-state index >= 15 is 0 Å². The molecule has 12 heteroatoms.